The van der Waals surface area contributed by atoms with E-state index in [2.05, 4.69) is 38.4 Å². The summed E-state index contributed by atoms with van der Waals surface area (Å²) in [6, 6.07) is 4.15. The van der Waals surface area contributed by atoms with Crippen LogP contribution < -0.4 is 5.32 Å². The number of ether oxygens (including phenoxy) is 1. The normalized spacial score (nSPS) is 16.7. The zero-order valence-electron chi connectivity index (χ0n) is 15.6. The summed E-state index contributed by atoms with van der Waals surface area (Å²) >= 11 is 0. The number of rotatable bonds is 5. The van der Waals surface area contributed by atoms with E-state index in [1.54, 1.807) is 18.6 Å². The molecule has 8 heteroatoms. The molecule has 0 aliphatic carbocycles. The third-order valence-electron chi connectivity index (χ3n) is 4.98. The van der Waals surface area contributed by atoms with Gasteiger partial charge in [0.25, 0.3) is 0 Å². The predicted octanol–water partition coefficient (Wildman–Crippen LogP) is 2.88. The number of hydrogen-bond donors (Lipinski definition) is 1. The molecule has 1 atom stereocenters. The van der Waals surface area contributed by atoms with Gasteiger partial charge < -0.3 is 10.1 Å². The van der Waals surface area contributed by atoms with E-state index >= 15 is 0 Å². The van der Waals surface area contributed by atoms with Crippen molar-refractivity contribution in [1.82, 2.24) is 29.1 Å². The van der Waals surface area contributed by atoms with Crippen LogP contribution in [-0.4, -0.2) is 48.4 Å². The fourth-order valence-corrected chi connectivity index (χ4v) is 3.52. The van der Waals surface area contributed by atoms with Crippen molar-refractivity contribution in [3.05, 3.63) is 54.9 Å². The molecule has 1 saturated heterocycles. The third kappa shape index (κ3) is 3.11. The van der Waals surface area contributed by atoms with Crippen molar-refractivity contribution in [3.63, 3.8) is 0 Å². The molecule has 0 spiro atoms. The van der Waals surface area contributed by atoms with Crippen LogP contribution in [0.5, 0.6) is 0 Å². The molecule has 0 saturated carbocycles. The second-order valence-corrected chi connectivity index (χ2v) is 7.00. The van der Waals surface area contributed by atoms with Gasteiger partial charge >= 0.3 is 0 Å². The summed E-state index contributed by atoms with van der Waals surface area (Å²) < 4.78 is 9.49. The molecule has 0 radical (unpaired) electrons. The van der Waals surface area contributed by atoms with Gasteiger partial charge in [0.2, 0.25) is 5.95 Å². The molecular formula is C20H21N7O. The van der Waals surface area contributed by atoms with Crippen LogP contribution in [0.4, 0.5) is 5.95 Å². The number of aryl methyl sites for hydroxylation is 1. The van der Waals surface area contributed by atoms with Crippen LogP contribution in [0.25, 0.3) is 22.6 Å². The first-order valence-electron chi connectivity index (χ1n) is 9.43. The van der Waals surface area contributed by atoms with Crippen LogP contribution in [-0.2, 0) is 4.74 Å². The SMILES string of the molecule is Cc1ccn2ncc(-n3ccnc3-c3cnc(NCC4CCCO4)nc3)c2c1. The van der Waals surface area contributed by atoms with Gasteiger partial charge in [-0.1, -0.05) is 0 Å². The minimum absolute atomic E-state index is 0.251. The maximum atomic E-state index is 5.62. The molecule has 5 heterocycles. The van der Waals surface area contributed by atoms with Crippen molar-refractivity contribution in [2.75, 3.05) is 18.5 Å². The number of imidazole rings is 1. The topological polar surface area (TPSA) is 82.2 Å². The van der Waals surface area contributed by atoms with Crippen molar-refractivity contribution in [1.29, 1.82) is 0 Å². The molecule has 1 fully saturated rings. The molecule has 0 bridgehead atoms. The Bertz CT molecular complexity index is 1090. The van der Waals surface area contributed by atoms with Gasteiger partial charge in [0.1, 0.15) is 5.82 Å². The lowest BCUT2D eigenvalue weighted by Gasteiger charge is -2.11. The number of nitrogens with one attached hydrogen (secondary N) is 1. The molecule has 142 valence electrons. The Kier molecular flexibility index (Phi) is 4.25. The average molecular weight is 375 g/mol. The van der Waals surface area contributed by atoms with Gasteiger partial charge in [0.05, 0.1) is 29.1 Å². The van der Waals surface area contributed by atoms with Gasteiger partial charge in [-0.15, -0.1) is 0 Å². The number of aromatic nitrogens is 6. The molecule has 1 N–H and O–H groups in total. The number of pyridine rings is 1. The van der Waals surface area contributed by atoms with Crippen molar-refractivity contribution < 1.29 is 4.74 Å². The van der Waals surface area contributed by atoms with Crippen LogP contribution >= 0.6 is 0 Å². The highest BCUT2D eigenvalue weighted by molar-refractivity contribution is 5.68. The second-order valence-electron chi connectivity index (χ2n) is 7.00. The van der Waals surface area contributed by atoms with E-state index in [9.17, 15) is 0 Å². The summed E-state index contributed by atoms with van der Waals surface area (Å²) in [5, 5.41) is 7.69. The van der Waals surface area contributed by atoms with Gasteiger partial charge in [0.15, 0.2) is 0 Å². The second kappa shape index (κ2) is 7.05. The highest BCUT2D eigenvalue weighted by Gasteiger charge is 2.16. The van der Waals surface area contributed by atoms with Crippen LogP contribution in [0.15, 0.2) is 49.3 Å². The van der Waals surface area contributed by atoms with E-state index < -0.39 is 0 Å². The Hall–Kier alpha value is -3.26. The minimum atomic E-state index is 0.251. The van der Waals surface area contributed by atoms with E-state index in [0.717, 1.165) is 48.6 Å². The number of hydrogen-bond acceptors (Lipinski definition) is 6. The number of fused-ring (bicyclic) bond motifs is 1. The number of anilines is 1. The molecule has 4 aromatic heterocycles. The molecule has 5 rings (SSSR count). The molecule has 28 heavy (non-hydrogen) atoms. The first-order valence-corrected chi connectivity index (χ1v) is 9.43. The first kappa shape index (κ1) is 16.9. The lowest BCUT2D eigenvalue weighted by atomic mass is 10.2. The van der Waals surface area contributed by atoms with Gasteiger partial charge in [-0.05, 0) is 37.5 Å². The molecule has 8 nitrogen and oxygen atoms in total. The summed E-state index contributed by atoms with van der Waals surface area (Å²) in [6.45, 7) is 3.65. The Labute approximate surface area is 162 Å². The monoisotopic (exact) mass is 375 g/mol. The zero-order valence-corrected chi connectivity index (χ0v) is 15.6. The Balaban J connectivity index is 1.41. The van der Waals surface area contributed by atoms with E-state index in [1.165, 1.54) is 5.56 Å². The highest BCUT2D eigenvalue weighted by Crippen LogP contribution is 2.24. The third-order valence-corrected chi connectivity index (χ3v) is 4.98. The summed E-state index contributed by atoms with van der Waals surface area (Å²) in [5.74, 6) is 1.38. The molecular weight excluding hydrogens is 354 g/mol. The summed E-state index contributed by atoms with van der Waals surface area (Å²) in [6.07, 6.45) is 13.6. The molecule has 4 aromatic rings. The minimum Gasteiger partial charge on any atom is -0.376 e. The maximum absolute atomic E-state index is 5.62. The van der Waals surface area contributed by atoms with E-state index in [4.69, 9.17) is 4.74 Å². The zero-order chi connectivity index (χ0) is 18.9. The number of nitrogens with zero attached hydrogens (tertiary/aromatic N) is 6. The van der Waals surface area contributed by atoms with Gasteiger partial charge in [-0.25, -0.2) is 19.5 Å². The molecule has 1 unspecified atom stereocenters. The molecule has 1 aliphatic rings. The van der Waals surface area contributed by atoms with Crippen molar-refractivity contribution in [2.24, 2.45) is 0 Å². The van der Waals surface area contributed by atoms with Gasteiger partial charge in [-0.2, -0.15) is 5.10 Å². The quantitative estimate of drug-likeness (QED) is 0.578. The lowest BCUT2D eigenvalue weighted by Crippen LogP contribution is -2.19. The first-order chi connectivity index (χ1) is 13.8. The van der Waals surface area contributed by atoms with Gasteiger partial charge in [0, 0.05) is 44.1 Å². The maximum Gasteiger partial charge on any atom is 0.222 e. The lowest BCUT2D eigenvalue weighted by molar-refractivity contribution is 0.120. The van der Waals surface area contributed by atoms with Crippen LogP contribution in [0, 0.1) is 6.92 Å². The largest absolute Gasteiger partial charge is 0.376 e. The summed E-state index contributed by atoms with van der Waals surface area (Å²) in [4.78, 5) is 13.4. The van der Waals surface area contributed by atoms with E-state index in [1.807, 2.05) is 33.7 Å². The molecule has 0 aromatic carbocycles. The predicted molar refractivity (Wildman–Crippen MR) is 106 cm³/mol. The smallest absolute Gasteiger partial charge is 0.222 e. The van der Waals surface area contributed by atoms with Gasteiger partial charge in [-0.3, -0.25) is 4.57 Å². The van der Waals surface area contributed by atoms with Crippen LogP contribution in [0.2, 0.25) is 0 Å². The Morgan fingerprint density at radius 3 is 2.89 bits per heavy atom. The van der Waals surface area contributed by atoms with Crippen molar-refractivity contribution >= 4 is 11.5 Å². The van der Waals surface area contributed by atoms with E-state index in [0.29, 0.717) is 5.95 Å². The van der Waals surface area contributed by atoms with Crippen LogP contribution in [0.1, 0.15) is 18.4 Å². The van der Waals surface area contributed by atoms with E-state index in [-0.39, 0.29) is 6.10 Å². The summed E-state index contributed by atoms with van der Waals surface area (Å²) in [5.41, 5.74) is 4.02. The Morgan fingerprint density at radius 2 is 2.07 bits per heavy atom. The molecule has 0 amide bonds. The van der Waals surface area contributed by atoms with Crippen molar-refractivity contribution in [2.45, 2.75) is 25.9 Å². The Morgan fingerprint density at radius 1 is 1.18 bits per heavy atom. The summed E-state index contributed by atoms with van der Waals surface area (Å²) in [7, 11) is 0. The standard InChI is InChI=1S/C20H21N7O/c1-14-4-6-27-17(9-14)18(13-25-27)26-7-5-21-19(26)15-10-22-20(23-11-15)24-12-16-3-2-8-28-16/h4-7,9-11,13,16H,2-3,8,12H2,1H3,(H,22,23,24). The highest BCUT2D eigenvalue weighted by atomic mass is 16.5. The average Bonchev–Trinajstić information content (AvgIpc) is 3.46. The fourth-order valence-electron chi connectivity index (χ4n) is 3.52. The van der Waals surface area contributed by atoms with Crippen molar-refractivity contribution in [3.8, 4) is 17.1 Å². The fraction of sp³-hybridized carbons (Fsp3) is 0.300. The molecule has 1 aliphatic heterocycles. The van der Waals surface area contributed by atoms with Crippen LogP contribution in [0.3, 0.4) is 0 Å².